The summed E-state index contributed by atoms with van der Waals surface area (Å²) >= 11 is 0. The van der Waals surface area contributed by atoms with Gasteiger partial charge in [-0.05, 0) is 66.7 Å². The predicted octanol–water partition coefficient (Wildman–Crippen LogP) is 4.07. The molecule has 3 rings (SSSR count). The van der Waals surface area contributed by atoms with Crippen LogP contribution in [0.2, 0.25) is 0 Å². The minimum Gasteiger partial charge on any atom is -0.497 e. The van der Waals surface area contributed by atoms with E-state index in [0.717, 1.165) is 18.8 Å². The Morgan fingerprint density at radius 2 is 1.61 bits per heavy atom. The third kappa shape index (κ3) is 7.06. The van der Waals surface area contributed by atoms with Crippen molar-refractivity contribution in [2.24, 2.45) is 0 Å². The van der Waals surface area contributed by atoms with Crippen LogP contribution < -0.4 is 15.4 Å². The van der Waals surface area contributed by atoms with Crippen molar-refractivity contribution in [3.05, 3.63) is 65.2 Å². The molecule has 1 unspecified atom stereocenters. The summed E-state index contributed by atoms with van der Waals surface area (Å²) < 4.78 is 5.27. The van der Waals surface area contributed by atoms with Gasteiger partial charge in [-0.15, -0.1) is 0 Å². The standard InChI is InChI=1S/C27H37N3O3/c1-27(2,3)22-11-7-21(8-12-22)26(32)28-16-15-25(31)29-19-24(30-17-5-6-18-30)20-9-13-23(33-4)14-10-20/h7-14,24H,5-6,15-19H2,1-4H3,(H,28,32)(H,29,31). The lowest BCUT2D eigenvalue weighted by molar-refractivity contribution is -0.121. The summed E-state index contributed by atoms with van der Waals surface area (Å²) in [6, 6.07) is 15.8. The lowest BCUT2D eigenvalue weighted by atomic mass is 9.87. The topological polar surface area (TPSA) is 70.7 Å². The summed E-state index contributed by atoms with van der Waals surface area (Å²) in [4.78, 5) is 27.3. The molecular weight excluding hydrogens is 414 g/mol. The molecule has 1 saturated heterocycles. The van der Waals surface area contributed by atoms with Crippen LogP contribution in [-0.4, -0.2) is 50.0 Å². The van der Waals surface area contributed by atoms with E-state index in [-0.39, 0.29) is 29.7 Å². The second-order valence-electron chi connectivity index (χ2n) is 9.67. The van der Waals surface area contributed by atoms with E-state index in [9.17, 15) is 9.59 Å². The predicted molar refractivity (Wildman–Crippen MR) is 132 cm³/mol. The molecule has 2 amide bonds. The molecule has 6 nitrogen and oxygen atoms in total. The van der Waals surface area contributed by atoms with Gasteiger partial charge in [0.15, 0.2) is 0 Å². The zero-order valence-electron chi connectivity index (χ0n) is 20.3. The van der Waals surface area contributed by atoms with Gasteiger partial charge in [-0.2, -0.15) is 0 Å². The molecule has 178 valence electrons. The van der Waals surface area contributed by atoms with Crippen LogP contribution in [0.4, 0.5) is 0 Å². The summed E-state index contributed by atoms with van der Waals surface area (Å²) in [6.45, 7) is 9.36. The Morgan fingerprint density at radius 3 is 2.18 bits per heavy atom. The molecule has 33 heavy (non-hydrogen) atoms. The van der Waals surface area contributed by atoms with Crippen LogP contribution in [0.15, 0.2) is 48.5 Å². The van der Waals surface area contributed by atoms with E-state index in [1.165, 1.54) is 24.0 Å². The molecule has 0 aliphatic carbocycles. The van der Waals surface area contributed by atoms with Gasteiger partial charge in [0.05, 0.1) is 13.2 Å². The van der Waals surface area contributed by atoms with Crippen LogP contribution in [0.25, 0.3) is 0 Å². The molecule has 0 bridgehead atoms. The largest absolute Gasteiger partial charge is 0.497 e. The van der Waals surface area contributed by atoms with Gasteiger partial charge < -0.3 is 15.4 Å². The van der Waals surface area contributed by atoms with Crippen molar-refractivity contribution in [1.82, 2.24) is 15.5 Å². The minimum atomic E-state index is -0.156. The summed E-state index contributed by atoms with van der Waals surface area (Å²) in [5.74, 6) is 0.610. The molecule has 6 heteroatoms. The molecule has 2 aromatic rings. The van der Waals surface area contributed by atoms with E-state index in [2.05, 4.69) is 48.4 Å². The Kier molecular flexibility index (Phi) is 8.50. The first-order valence-electron chi connectivity index (χ1n) is 11.8. The van der Waals surface area contributed by atoms with Crippen molar-refractivity contribution in [2.45, 2.75) is 51.5 Å². The molecule has 0 saturated carbocycles. The van der Waals surface area contributed by atoms with Gasteiger partial charge in [0.1, 0.15) is 5.75 Å². The van der Waals surface area contributed by atoms with Crippen LogP contribution >= 0.6 is 0 Å². The maximum atomic E-state index is 12.5. The van der Waals surface area contributed by atoms with E-state index in [1.54, 1.807) is 7.11 Å². The lowest BCUT2D eigenvalue weighted by Gasteiger charge is -2.28. The Hall–Kier alpha value is -2.86. The fourth-order valence-electron chi connectivity index (χ4n) is 4.15. The first-order valence-corrected chi connectivity index (χ1v) is 11.8. The molecule has 0 radical (unpaired) electrons. The number of hydrogen-bond acceptors (Lipinski definition) is 4. The average Bonchev–Trinajstić information content (AvgIpc) is 3.33. The maximum absolute atomic E-state index is 12.5. The highest BCUT2D eigenvalue weighted by Gasteiger charge is 2.24. The first-order chi connectivity index (χ1) is 15.8. The zero-order valence-corrected chi connectivity index (χ0v) is 20.3. The Bertz CT molecular complexity index is 911. The van der Waals surface area contributed by atoms with Crippen molar-refractivity contribution >= 4 is 11.8 Å². The number of ether oxygens (including phenoxy) is 1. The molecule has 1 aliphatic heterocycles. The highest BCUT2D eigenvalue weighted by Crippen LogP contribution is 2.26. The molecule has 1 aliphatic rings. The average molecular weight is 452 g/mol. The Labute approximate surface area is 197 Å². The smallest absolute Gasteiger partial charge is 0.251 e. The number of carbonyl (C=O) groups excluding carboxylic acids is 2. The zero-order chi connectivity index (χ0) is 23.8. The number of nitrogens with zero attached hydrogens (tertiary/aromatic N) is 1. The number of likely N-dealkylation sites (tertiary alicyclic amines) is 1. The van der Waals surface area contributed by atoms with Crippen LogP contribution in [0.1, 0.15) is 67.6 Å². The minimum absolute atomic E-state index is 0.0475. The second kappa shape index (κ2) is 11.3. The second-order valence-corrected chi connectivity index (χ2v) is 9.67. The van der Waals surface area contributed by atoms with Gasteiger partial charge in [0.2, 0.25) is 5.91 Å². The van der Waals surface area contributed by atoms with Crippen molar-refractivity contribution in [3.8, 4) is 5.75 Å². The van der Waals surface area contributed by atoms with E-state index < -0.39 is 0 Å². The molecule has 2 N–H and O–H groups in total. The Morgan fingerprint density at radius 1 is 0.970 bits per heavy atom. The molecule has 1 heterocycles. The normalized spacial score (nSPS) is 15.2. The molecule has 0 aromatic heterocycles. The molecular formula is C27H37N3O3. The fraction of sp³-hybridized carbons (Fsp3) is 0.481. The van der Waals surface area contributed by atoms with Gasteiger partial charge in [-0.25, -0.2) is 0 Å². The number of nitrogens with one attached hydrogen (secondary N) is 2. The van der Waals surface area contributed by atoms with E-state index in [4.69, 9.17) is 4.74 Å². The first kappa shape index (κ1) is 24.8. The summed E-state index contributed by atoms with van der Waals surface area (Å²) in [5.41, 5.74) is 3.01. The van der Waals surface area contributed by atoms with Crippen molar-refractivity contribution in [1.29, 1.82) is 0 Å². The highest BCUT2D eigenvalue weighted by molar-refractivity contribution is 5.94. The van der Waals surface area contributed by atoms with Crippen molar-refractivity contribution in [3.63, 3.8) is 0 Å². The van der Waals surface area contributed by atoms with Crippen LogP contribution in [-0.2, 0) is 10.2 Å². The van der Waals surface area contributed by atoms with Gasteiger partial charge in [0.25, 0.3) is 5.91 Å². The highest BCUT2D eigenvalue weighted by atomic mass is 16.5. The summed E-state index contributed by atoms with van der Waals surface area (Å²) in [7, 11) is 1.66. The van der Waals surface area contributed by atoms with Gasteiger partial charge in [0, 0.05) is 25.1 Å². The quantitative estimate of drug-likeness (QED) is 0.603. The van der Waals surface area contributed by atoms with Crippen LogP contribution in [0.3, 0.4) is 0 Å². The van der Waals surface area contributed by atoms with Crippen molar-refractivity contribution in [2.75, 3.05) is 33.3 Å². The molecule has 0 spiro atoms. The number of carbonyl (C=O) groups is 2. The number of hydrogen-bond donors (Lipinski definition) is 2. The van der Waals surface area contributed by atoms with Crippen molar-refractivity contribution < 1.29 is 14.3 Å². The number of rotatable bonds is 9. The van der Waals surface area contributed by atoms with E-state index in [1.807, 2.05) is 36.4 Å². The van der Waals surface area contributed by atoms with Gasteiger partial charge in [-0.1, -0.05) is 45.0 Å². The lowest BCUT2D eigenvalue weighted by Crippen LogP contribution is -2.38. The summed E-state index contributed by atoms with van der Waals surface area (Å²) in [6.07, 6.45) is 2.62. The molecule has 1 fully saturated rings. The fourth-order valence-corrected chi connectivity index (χ4v) is 4.15. The Balaban J connectivity index is 1.48. The maximum Gasteiger partial charge on any atom is 0.251 e. The SMILES string of the molecule is COc1ccc(C(CNC(=O)CCNC(=O)c2ccc(C(C)(C)C)cc2)N2CCCC2)cc1. The van der Waals surface area contributed by atoms with Gasteiger partial charge >= 0.3 is 0 Å². The van der Waals surface area contributed by atoms with Crippen LogP contribution in [0, 0.1) is 0 Å². The summed E-state index contributed by atoms with van der Waals surface area (Å²) in [5, 5.41) is 5.91. The number of methoxy groups -OCH3 is 1. The van der Waals surface area contributed by atoms with E-state index >= 15 is 0 Å². The third-order valence-electron chi connectivity index (χ3n) is 6.23. The third-order valence-corrected chi connectivity index (χ3v) is 6.23. The van der Waals surface area contributed by atoms with Gasteiger partial charge in [-0.3, -0.25) is 14.5 Å². The monoisotopic (exact) mass is 451 g/mol. The molecule has 2 aromatic carbocycles. The number of benzene rings is 2. The molecule has 1 atom stereocenters. The van der Waals surface area contributed by atoms with Crippen LogP contribution in [0.5, 0.6) is 5.75 Å². The number of amides is 2. The van der Waals surface area contributed by atoms with E-state index in [0.29, 0.717) is 18.7 Å².